The summed E-state index contributed by atoms with van der Waals surface area (Å²) in [5, 5.41) is 12.4. The highest BCUT2D eigenvalue weighted by Crippen LogP contribution is 2.32. The molecule has 2 rings (SSSR count). The van der Waals surface area contributed by atoms with Crippen molar-refractivity contribution in [1.29, 1.82) is 0 Å². The number of likely N-dealkylation sites (tertiary alicyclic amines) is 1. The first kappa shape index (κ1) is 16.1. The SMILES string of the molecule is CCCC(NC(=O)N1CCC(C)(C(=O)O)C1)C1CCCC1. The van der Waals surface area contributed by atoms with Crippen LogP contribution in [0.1, 0.15) is 58.8 Å². The molecule has 1 aliphatic carbocycles. The monoisotopic (exact) mass is 296 g/mol. The lowest BCUT2D eigenvalue weighted by Gasteiger charge is -2.28. The molecule has 2 fully saturated rings. The first-order valence-corrected chi connectivity index (χ1v) is 8.25. The number of hydrogen-bond donors (Lipinski definition) is 2. The number of carboxylic acid groups (broad SMARTS) is 1. The normalized spacial score (nSPS) is 27.8. The molecule has 1 heterocycles. The molecule has 2 N–H and O–H groups in total. The highest BCUT2D eigenvalue weighted by molar-refractivity contribution is 5.79. The Morgan fingerprint density at radius 2 is 2.05 bits per heavy atom. The average Bonchev–Trinajstić information content (AvgIpc) is 3.08. The van der Waals surface area contributed by atoms with Crippen molar-refractivity contribution >= 4 is 12.0 Å². The van der Waals surface area contributed by atoms with Crippen LogP contribution in [0.4, 0.5) is 4.79 Å². The van der Waals surface area contributed by atoms with Gasteiger partial charge in [0.15, 0.2) is 0 Å². The Labute approximate surface area is 127 Å². The summed E-state index contributed by atoms with van der Waals surface area (Å²) in [7, 11) is 0. The summed E-state index contributed by atoms with van der Waals surface area (Å²) in [6.07, 6.45) is 7.56. The van der Waals surface area contributed by atoms with Crippen molar-refractivity contribution in [2.75, 3.05) is 13.1 Å². The Bertz CT molecular complexity index is 393. The molecular weight excluding hydrogens is 268 g/mol. The second-order valence-corrected chi connectivity index (χ2v) is 6.93. The summed E-state index contributed by atoms with van der Waals surface area (Å²) in [6, 6.07) is 0.173. The topological polar surface area (TPSA) is 69.6 Å². The number of aliphatic carboxylic acids is 1. The van der Waals surface area contributed by atoms with Crippen molar-refractivity contribution in [3.63, 3.8) is 0 Å². The van der Waals surface area contributed by atoms with Gasteiger partial charge in [-0.3, -0.25) is 4.79 Å². The summed E-state index contributed by atoms with van der Waals surface area (Å²) in [4.78, 5) is 25.4. The Balaban J connectivity index is 1.92. The number of carboxylic acids is 1. The van der Waals surface area contributed by atoms with E-state index in [4.69, 9.17) is 0 Å². The molecule has 1 saturated carbocycles. The van der Waals surface area contributed by atoms with E-state index in [0.717, 1.165) is 12.8 Å². The van der Waals surface area contributed by atoms with E-state index >= 15 is 0 Å². The van der Waals surface area contributed by atoms with E-state index in [2.05, 4.69) is 12.2 Å². The minimum absolute atomic E-state index is 0.0784. The number of rotatable bonds is 5. The molecule has 2 aliphatic rings. The molecule has 0 spiro atoms. The molecule has 0 radical (unpaired) electrons. The van der Waals surface area contributed by atoms with Crippen molar-refractivity contribution in [3.05, 3.63) is 0 Å². The summed E-state index contributed by atoms with van der Waals surface area (Å²) in [5.74, 6) is -0.207. The van der Waals surface area contributed by atoms with Gasteiger partial charge in [0.1, 0.15) is 0 Å². The number of hydrogen-bond acceptors (Lipinski definition) is 2. The zero-order valence-corrected chi connectivity index (χ0v) is 13.2. The highest BCUT2D eigenvalue weighted by atomic mass is 16.4. The zero-order chi connectivity index (χ0) is 15.5. The summed E-state index contributed by atoms with van der Waals surface area (Å²) in [6.45, 7) is 4.73. The summed E-state index contributed by atoms with van der Waals surface area (Å²) < 4.78 is 0. The first-order chi connectivity index (χ1) is 9.96. The van der Waals surface area contributed by atoms with Crippen LogP contribution in [0.15, 0.2) is 0 Å². The van der Waals surface area contributed by atoms with Crippen molar-refractivity contribution < 1.29 is 14.7 Å². The van der Waals surface area contributed by atoms with Gasteiger partial charge in [-0.15, -0.1) is 0 Å². The Morgan fingerprint density at radius 3 is 2.57 bits per heavy atom. The van der Waals surface area contributed by atoms with E-state index in [-0.39, 0.29) is 12.1 Å². The van der Waals surface area contributed by atoms with E-state index < -0.39 is 11.4 Å². The number of nitrogens with zero attached hydrogens (tertiary/aromatic N) is 1. The molecule has 2 unspecified atom stereocenters. The van der Waals surface area contributed by atoms with E-state index in [1.165, 1.54) is 25.7 Å². The average molecular weight is 296 g/mol. The van der Waals surface area contributed by atoms with E-state index in [9.17, 15) is 14.7 Å². The Hall–Kier alpha value is -1.26. The van der Waals surface area contributed by atoms with Gasteiger partial charge in [-0.2, -0.15) is 0 Å². The third-order valence-electron chi connectivity index (χ3n) is 5.15. The molecule has 0 aromatic heterocycles. The van der Waals surface area contributed by atoms with Crippen LogP contribution in [0.3, 0.4) is 0 Å². The largest absolute Gasteiger partial charge is 0.481 e. The quantitative estimate of drug-likeness (QED) is 0.819. The summed E-state index contributed by atoms with van der Waals surface area (Å²) >= 11 is 0. The number of nitrogens with one attached hydrogen (secondary N) is 1. The lowest BCUT2D eigenvalue weighted by molar-refractivity contribution is -0.147. The molecular formula is C16H28N2O3. The van der Waals surface area contributed by atoms with Gasteiger partial charge >= 0.3 is 12.0 Å². The zero-order valence-electron chi connectivity index (χ0n) is 13.2. The minimum Gasteiger partial charge on any atom is -0.481 e. The van der Waals surface area contributed by atoms with Crippen molar-refractivity contribution in [2.24, 2.45) is 11.3 Å². The van der Waals surface area contributed by atoms with E-state index in [0.29, 0.717) is 25.4 Å². The van der Waals surface area contributed by atoms with Crippen LogP contribution >= 0.6 is 0 Å². The smallest absolute Gasteiger partial charge is 0.317 e. The fourth-order valence-electron chi connectivity index (χ4n) is 3.66. The van der Waals surface area contributed by atoms with Gasteiger partial charge in [-0.1, -0.05) is 26.2 Å². The van der Waals surface area contributed by atoms with Crippen LogP contribution < -0.4 is 5.32 Å². The van der Waals surface area contributed by atoms with Crippen LogP contribution in [0.2, 0.25) is 0 Å². The lowest BCUT2D eigenvalue weighted by Crippen LogP contribution is -2.47. The molecule has 5 heteroatoms. The fraction of sp³-hybridized carbons (Fsp3) is 0.875. The van der Waals surface area contributed by atoms with Crippen molar-refractivity contribution in [2.45, 2.75) is 64.8 Å². The van der Waals surface area contributed by atoms with Crippen LogP contribution in [-0.4, -0.2) is 41.1 Å². The van der Waals surface area contributed by atoms with Crippen LogP contribution in [0, 0.1) is 11.3 Å². The predicted octanol–water partition coefficient (Wildman–Crippen LogP) is 2.85. The third kappa shape index (κ3) is 3.69. The van der Waals surface area contributed by atoms with E-state index in [1.807, 2.05) is 0 Å². The summed E-state index contributed by atoms with van der Waals surface area (Å²) in [5.41, 5.74) is -0.787. The molecule has 0 aromatic rings. The maximum atomic E-state index is 12.4. The molecule has 21 heavy (non-hydrogen) atoms. The number of carbonyl (C=O) groups is 2. The lowest BCUT2D eigenvalue weighted by atomic mass is 9.90. The first-order valence-electron chi connectivity index (χ1n) is 8.25. The van der Waals surface area contributed by atoms with E-state index in [1.54, 1.807) is 11.8 Å². The molecule has 5 nitrogen and oxygen atoms in total. The molecule has 0 bridgehead atoms. The molecule has 1 aliphatic heterocycles. The van der Waals surface area contributed by atoms with Gasteiger partial charge in [0.2, 0.25) is 0 Å². The Morgan fingerprint density at radius 1 is 1.38 bits per heavy atom. The van der Waals surface area contributed by atoms with Gasteiger partial charge in [0.05, 0.1) is 5.41 Å². The van der Waals surface area contributed by atoms with Gasteiger partial charge < -0.3 is 15.3 Å². The standard InChI is InChI=1S/C16H28N2O3/c1-3-6-13(12-7-4-5-8-12)17-15(21)18-10-9-16(2,11-18)14(19)20/h12-13H,3-11H2,1-2H3,(H,17,21)(H,19,20). The molecule has 0 aromatic carbocycles. The van der Waals surface area contributed by atoms with Gasteiger partial charge in [0, 0.05) is 19.1 Å². The van der Waals surface area contributed by atoms with Crippen molar-refractivity contribution in [3.8, 4) is 0 Å². The fourth-order valence-corrected chi connectivity index (χ4v) is 3.66. The third-order valence-corrected chi connectivity index (χ3v) is 5.15. The molecule has 2 amide bonds. The second-order valence-electron chi connectivity index (χ2n) is 6.93. The van der Waals surface area contributed by atoms with Gasteiger partial charge in [0.25, 0.3) is 0 Å². The van der Waals surface area contributed by atoms with Crippen LogP contribution in [0.5, 0.6) is 0 Å². The number of amides is 2. The maximum absolute atomic E-state index is 12.4. The number of carbonyl (C=O) groups excluding carboxylic acids is 1. The van der Waals surface area contributed by atoms with Gasteiger partial charge in [-0.25, -0.2) is 4.79 Å². The van der Waals surface area contributed by atoms with Gasteiger partial charge in [-0.05, 0) is 38.5 Å². The minimum atomic E-state index is -0.807. The number of urea groups is 1. The van der Waals surface area contributed by atoms with Crippen LogP contribution in [-0.2, 0) is 4.79 Å². The predicted molar refractivity (Wildman–Crippen MR) is 81.1 cm³/mol. The van der Waals surface area contributed by atoms with Crippen molar-refractivity contribution in [1.82, 2.24) is 10.2 Å². The maximum Gasteiger partial charge on any atom is 0.317 e. The molecule has 1 saturated heterocycles. The Kier molecular flexibility index (Phi) is 5.12. The molecule has 120 valence electrons. The highest BCUT2D eigenvalue weighted by Gasteiger charge is 2.42. The van der Waals surface area contributed by atoms with Crippen LogP contribution in [0.25, 0.3) is 0 Å². The second kappa shape index (κ2) is 6.67. The molecule has 2 atom stereocenters.